The van der Waals surface area contributed by atoms with E-state index in [1.165, 1.54) is 4.90 Å². The van der Waals surface area contributed by atoms with Gasteiger partial charge in [-0.05, 0) is 55.3 Å². The third kappa shape index (κ3) is 4.84. The van der Waals surface area contributed by atoms with Crippen molar-refractivity contribution < 1.29 is 22.8 Å². The van der Waals surface area contributed by atoms with Gasteiger partial charge in [-0.2, -0.15) is 4.31 Å². The molecule has 0 aromatic heterocycles. The van der Waals surface area contributed by atoms with E-state index < -0.39 is 10.0 Å². The van der Waals surface area contributed by atoms with Gasteiger partial charge in [0, 0.05) is 0 Å². The van der Waals surface area contributed by atoms with Crippen LogP contribution in [0.2, 0.25) is 0 Å². The highest BCUT2D eigenvalue weighted by molar-refractivity contribution is 7.89. The van der Waals surface area contributed by atoms with Crippen LogP contribution in [0.1, 0.15) is 11.1 Å². The quantitative estimate of drug-likeness (QED) is 0.754. The van der Waals surface area contributed by atoms with Crippen molar-refractivity contribution in [3.05, 3.63) is 53.6 Å². The molecule has 0 aliphatic carbocycles. The summed E-state index contributed by atoms with van der Waals surface area (Å²) in [5.41, 5.74) is 1.76. The zero-order chi connectivity index (χ0) is 20.1. The minimum absolute atomic E-state index is 0.429. The van der Waals surface area contributed by atoms with Crippen LogP contribution < -0.4 is 14.4 Å². The molecule has 0 unspecified atom stereocenters. The van der Waals surface area contributed by atoms with Crippen molar-refractivity contribution in [1.82, 2.24) is 4.31 Å². The molecule has 152 valence electrons. The number of aryl methyl sites for hydroxylation is 2. The van der Waals surface area contributed by atoms with Gasteiger partial charge in [0.05, 0.1) is 38.2 Å². The molecule has 0 atom stereocenters. The topological polar surface area (TPSA) is 60.3 Å². The molecule has 0 bridgehead atoms. The van der Waals surface area contributed by atoms with E-state index in [1.807, 2.05) is 50.2 Å². The van der Waals surface area contributed by atoms with Gasteiger partial charge in [0.2, 0.25) is 10.0 Å². The van der Waals surface area contributed by atoms with E-state index in [-0.39, 0.29) is 0 Å². The molecule has 2 aromatic rings. The number of nitrogens with zero attached hydrogens (tertiary/aromatic N) is 1. The third-order valence-electron chi connectivity index (χ3n) is 5.17. The minimum atomic E-state index is -3.43. The summed E-state index contributed by atoms with van der Waals surface area (Å²) >= 11 is 0. The lowest BCUT2D eigenvalue weighted by Gasteiger charge is -2.31. The van der Waals surface area contributed by atoms with Gasteiger partial charge in [-0.3, -0.25) is 0 Å². The molecule has 1 heterocycles. The second-order valence-electron chi connectivity index (χ2n) is 7.20. The molecule has 1 fully saturated rings. The zero-order valence-corrected chi connectivity index (χ0v) is 17.6. The second kappa shape index (κ2) is 8.94. The van der Waals surface area contributed by atoms with Crippen molar-refractivity contribution in [1.29, 1.82) is 0 Å². The standard InChI is InChI=1S/C21H28N2O4S/c1-17-4-5-18(2)21(16-17)28(24,25)23-12-10-22(11-13-23)14-15-27-20-8-6-19(26-3)7-9-20/h4-9,16H,10-15H2,1-3H3/p+1. The maximum atomic E-state index is 13.0. The van der Waals surface area contributed by atoms with Crippen LogP contribution in [0, 0.1) is 13.8 Å². The average Bonchev–Trinajstić information content (AvgIpc) is 2.70. The van der Waals surface area contributed by atoms with Gasteiger partial charge >= 0.3 is 0 Å². The van der Waals surface area contributed by atoms with Crippen LogP contribution in [0.15, 0.2) is 47.4 Å². The SMILES string of the molecule is COc1ccc(OCC[NH+]2CCN(S(=O)(=O)c3cc(C)ccc3C)CC2)cc1. The molecule has 0 saturated carbocycles. The molecule has 0 radical (unpaired) electrons. The van der Waals surface area contributed by atoms with Crippen molar-refractivity contribution >= 4 is 10.0 Å². The Morgan fingerprint density at radius 3 is 2.29 bits per heavy atom. The summed E-state index contributed by atoms with van der Waals surface area (Å²) in [6.45, 7) is 7.87. The molecule has 6 nitrogen and oxygen atoms in total. The molecule has 1 aliphatic heterocycles. The number of sulfonamides is 1. The predicted molar refractivity (Wildman–Crippen MR) is 109 cm³/mol. The lowest BCUT2D eigenvalue weighted by molar-refractivity contribution is -0.903. The van der Waals surface area contributed by atoms with Crippen molar-refractivity contribution in [2.75, 3.05) is 46.4 Å². The maximum Gasteiger partial charge on any atom is 0.243 e. The van der Waals surface area contributed by atoms with E-state index in [1.54, 1.807) is 17.5 Å². The lowest BCUT2D eigenvalue weighted by atomic mass is 10.2. The first-order chi connectivity index (χ1) is 13.4. The normalized spacial score (nSPS) is 16.1. The van der Waals surface area contributed by atoms with Crippen LogP contribution >= 0.6 is 0 Å². The summed E-state index contributed by atoms with van der Waals surface area (Å²) in [7, 11) is -1.79. The maximum absolute atomic E-state index is 13.0. The molecule has 1 aliphatic rings. The van der Waals surface area contributed by atoms with E-state index >= 15 is 0 Å². The summed E-state index contributed by atoms with van der Waals surface area (Å²) in [6.07, 6.45) is 0. The molecule has 3 rings (SSSR count). The highest BCUT2D eigenvalue weighted by Gasteiger charge is 2.31. The van der Waals surface area contributed by atoms with E-state index in [4.69, 9.17) is 9.47 Å². The van der Waals surface area contributed by atoms with E-state index in [0.717, 1.165) is 42.3 Å². The second-order valence-corrected chi connectivity index (χ2v) is 9.10. The number of quaternary nitrogens is 1. The Morgan fingerprint density at radius 1 is 1.00 bits per heavy atom. The molecule has 2 aromatic carbocycles. The van der Waals surface area contributed by atoms with Gasteiger partial charge in [-0.1, -0.05) is 12.1 Å². The molecule has 1 N–H and O–H groups in total. The van der Waals surface area contributed by atoms with Crippen LogP contribution in [0.4, 0.5) is 0 Å². The van der Waals surface area contributed by atoms with Gasteiger partial charge in [0.15, 0.2) is 0 Å². The van der Waals surface area contributed by atoms with Gasteiger partial charge < -0.3 is 14.4 Å². The fourth-order valence-electron chi connectivity index (χ4n) is 3.40. The molecule has 0 amide bonds. The number of ether oxygens (including phenoxy) is 2. The molecule has 28 heavy (non-hydrogen) atoms. The molecule has 0 spiro atoms. The average molecular weight is 406 g/mol. The summed E-state index contributed by atoms with van der Waals surface area (Å²) in [5, 5.41) is 0. The number of hydrogen-bond donors (Lipinski definition) is 1. The smallest absolute Gasteiger partial charge is 0.243 e. The first kappa shape index (κ1) is 20.6. The number of benzene rings is 2. The number of hydrogen-bond acceptors (Lipinski definition) is 4. The molecule has 1 saturated heterocycles. The third-order valence-corrected chi connectivity index (χ3v) is 7.22. The van der Waals surface area contributed by atoms with Gasteiger partial charge in [-0.25, -0.2) is 8.42 Å². The Hall–Kier alpha value is -2.09. The van der Waals surface area contributed by atoms with Crippen molar-refractivity contribution in [2.24, 2.45) is 0 Å². The lowest BCUT2D eigenvalue weighted by Crippen LogP contribution is -3.15. The van der Waals surface area contributed by atoms with Crippen LogP contribution in [-0.4, -0.2) is 59.2 Å². The highest BCUT2D eigenvalue weighted by Crippen LogP contribution is 2.21. The fraction of sp³-hybridized carbons (Fsp3) is 0.429. The van der Waals surface area contributed by atoms with Crippen molar-refractivity contribution in [3.8, 4) is 11.5 Å². The number of nitrogens with one attached hydrogen (secondary N) is 1. The van der Waals surface area contributed by atoms with Crippen LogP contribution in [0.5, 0.6) is 11.5 Å². The summed E-state index contributed by atoms with van der Waals surface area (Å²) in [5.74, 6) is 1.62. The number of rotatable bonds is 7. The Labute approximate surface area is 167 Å². The first-order valence-corrected chi connectivity index (χ1v) is 11.0. The highest BCUT2D eigenvalue weighted by atomic mass is 32.2. The number of methoxy groups -OCH3 is 1. The summed E-state index contributed by atoms with van der Waals surface area (Å²) in [6, 6.07) is 13.1. The Balaban J connectivity index is 1.50. The fourth-order valence-corrected chi connectivity index (χ4v) is 5.15. The van der Waals surface area contributed by atoms with Crippen molar-refractivity contribution in [2.45, 2.75) is 18.7 Å². The Kier molecular flexibility index (Phi) is 6.59. The molecule has 7 heteroatoms. The zero-order valence-electron chi connectivity index (χ0n) is 16.8. The van der Waals surface area contributed by atoms with Crippen LogP contribution in [0.25, 0.3) is 0 Å². The minimum Gasteiger partial charge on any atom is -0.497 e. The first-order valence-electron chi connectivity index (χ1n) is 9.58. The van der Waals surface area contributed by atoms with Crippen molar-refractivity contribution in [3.63, 3.8) is 0 Å². The van der Waals surface area contributed by atoms with Gasteiger partial charge in [0.1, 0.15) is 24.7 Å². The Morgan fingerprint density at radius 2 is 1.64 bits per heavy atom. The summed E-state index contributed by atoms with van der Waals surface area (Å²) < 4.78 is 38.5. The molecular formula is C21H29N2O4S+. The summed E-state index contributed by atoms with van der Waals surface area (Å²) in [4.78, 5) is 1.79. The largest absolute Gasteiger partial charge is 0.497 e. The van der Waals surface area contributed by atoms with E-state index in [0.29, 0.717) is 24.6 Å². The van der Waals surface area contributed by atoms with Gasteiger partial charge in [0.25, 0.3) is 0 Å². The predicted octanol–water partition coefficient (Wildman–Crippen LogP) is 1.28. The van der Waals surface area contributed by atoms with Crippen LogP contribution in [-0.2, 0) is 10.0 Å². The Bertz CT molecular complexity index is 889. The monoisotopic (exact) mass is 405 g/mol. The van der Waals surface area contributed by atoms with Crippen LogP contribution in [0.3, 0.4) is 0 Å². The molecular weight excluding hydrogens is 376 g/mol. The van der Waals surface area contributed by atoms with E-state index in [9.17, 15) is 8.42 Å². The van der Waals surface area contributed by atoms with Gasteiger partial charge in [-0.15, -0.1) is 0 Å². The number of piperazine rings is 1. The van der Waals surface area contributed by atoms with E-state index in [2.05, 4.69) is 0 Å².